The van der Waals surface area contributed by atoms with Gasteiger partial charge in [0.1, 0.15) is 23.9 Å². The Bertz CT molecular complexity index is 2320. The van der Waals surface area contributed by atoms with Crippen molar-refractivity contribution in [3.63, 3.8) is 0 Å². The van der Waals surface area contributed by atoms with Crippen molar-refractivity contribution in [1.29, 1.82) is 0 Å². The van der Waals surface area contributed by atoms with Crippen molar-refractivity contribution in [2.24, 2.45) is 0 Å². The molecule has 0 bridgehead atoms. The number of benzene rings is 4. The first-order valence-corrected chi connectivity index (χ1v) is 18.7. The lowest BCUT2D eigenvalue weighted by Crippen LogP contribution is -2.74. The third-order valence-electron chi connectivity index (χ3n) is 10.5. The Morgan fingerprint density at radius 3 is 0.985 bits per heavy atom. The first kappa shape index (κ1) is 52.9. The second kappa shape index (κ2) is 17.8. The second-order valence-electron chi connectivity index (χ2n) is 15.7. The molecule has 4 aromatic rings. The van der Waals surface area contributed by atoms with E-state index in [0.717, 1.165) is 28.8 Å². The van der Waals surface area contributed by atoms with Crippen LogP contribution >= 0.6 is 0 Å². The van der Waals surface area contributed by atoms with Gasteiger partial charge in [0.15, 0.2) is 0 Å². The van der Waals surface area contributed by atoms with E-state index in [-0.39, 0.29) is 16.9 Å². The summed E-state index contributed by atoms with van der Waals surface area (Å²) in [6, 6.07) is 26.0. The van der Waals surface area contributed by atoms with Crippen molar-refractivity contribution in [2.45, 2.75) is 99.5 Å². The van der Waals surface area contributed by atoms with Gasteiger partial charge in [-0.1, -0.05) is 93.9 Å². The average molecular weight is 971 g/mol. The fourth-order valence-corrected chi connectivity index (χ4v) is 6.08. The fraction of sp³-hybridized carbons (Fsp3) is 0.395. The number of ether oxygens (including phenoxy) is 4. The highest BCUT2D eigenvalue weighted by atomic mass is 19.4. The molecular formula is C43H35F17O6. The molecule has 0 aliphatic rings. The van der Waals surface area contributed by atoms with E-state index >= 15 is 0 Å². The van der Waals surface area contributed by atoms with Gasteiger partial charge in [-0.3, -0.25) is 0 Å². The molecule has 0 aliphatic heterocycles. The van der Waals surface area contributed by atoms with E-state index < -0.39 is 84.1 Å². The molecule has 23 heteroatoms. The van der Waals surface area contributed by atoms with E-state index in [1.165, 1.54) is 24.3 Å². The van der Waals surface area contributed by atoms with Gasteiger partial charge in [-0.15, -0.1) is 0 Å². The Kier molecular flexibility index (Phi) is 14.3. The lowest BCUT2D eigenvalue weighted by Gasteiger charge is -2.42. The summed E-state index contributed by atoms with van der Waals surface area (Å²) in [6.07, 6.45) is -13.9. The molecule has 6 nitrogen and oxygen atoms in total. The quantitative estimate of drug-likeness (QED) is 0.0633. The van der Waals surface area contributed by atoms with E-state index in [9.17, 15) is 84.2 Å². The van der Waals surface area contributed by atoms with Crippen LogP contribution in [0.1, 0.15) is 61.9 Å². The predicted octanol–water partition coefficient (Wildman–Crippen LogP) is 14.1. The number of alkyl halides is 17. The van der Waals surface area contributed by atoms with Crippen LogP contribution in [0, 0.1) is 6.92 Å². The van der Waals surface area contributed by atoms with Gasteiger partial charge < -0.3 is 18.9 Å². The molecule has 362 valence electrons. The van der Waals surface area contributed by atoms with Crippen LogP contribution in [0.2, 0.25) is 0 Å². The first-order valence-electron chi connectivity index (χ1n) is 18.7. The summed E-state index contributed by atoms with van der Waals surface area (Å²) in [4.78, 5) is 24.6. The minimum absolute atomic E-state index is 0.102. The fourth-order valence-electron chi connectivity index (χ4n) is 6.08. The topological polar surface area (TPSA) is 71.1 Å². The molecule has 0 unspecified atom stereocenters. The Morgan fingerprint density at radius 2 is 0.667 bits per heavy atom. The molecular weight excluding hydrogens is 935 g/mol. The normalized spacial score (nSPS) is 13.8. The molecule has 0 spiro atoms. The Labute approximate surface area is 363 Å². The Morgan fingerprint density at radius 1 is 0.394 bits per heavy atom. The van der Waals surface area contributed by atoms with Gasteiger partial charge in [-0.05, 0) is 65.6 Å². The summed E-state index contributed by atoms with van der Waals surface area (Å²) < 4.78 is 249. The van der Waals surface area contributed by atoms with Gasteiger partial charge in [0.2, 0.25) is 0 Å². The Balaban J connectivity index is 1.33. The highest BCUT2D eigenvalue weighted by Gasteiger charge is 2.95. The number of hydrogen-bond donors (Lipinski definition) is 0. The van der Waals surface area contributed by atoms with Gasteiger partial charge in [0, 0.05) is 10.8 Å². The van der Waals surface area contributed by atoms with Crippen LogP contribution in [0.25, 0.3) is 0 Å². The van der Waals surface area contributed by atoms with Crippen molar-refractivity contribution >= 4 is 12.3 Å². The minimum Gasteiger partial charge on any atom is -0.434 e. The number of hydrogen-bond acceptors (Lipinski definition) is 6. The van der Waals surface area contributed by atoms with E-state index in [0.29, 0.717) is 11.1 Å². The van der Waals surface area contributed by atoms with Crippen LogP contribution in [-0.2, 0) is 15.6 Å². The number of halogens is 17. The molecule has 0 aromatic heterocycles. The Hall–Kier alpha value is -5.77. The lowest BCUT2D eigenvalue weighted by atomic mass is 9.78. The highest BCUT2D eigenvalue weighted by Crippen LogP contribution is 2.64. The largest absolute Gasteiger partial charge is 0.519 e. The highest BCUT2D eigenvalue weighted by molar-refractivity contribution is 5.67. The average Bonchev–Trinajstić information content (AvgIpc) is 3.20. The molecule has 0 heterocycles. The van der Waals surface area contributed by atoms with Gasteiger partial charge in [-0.25, -0.2) is 9.59 Å². The smallest absolute Gasteiger partial charge is 0.434 e. The molecule has 0 aliphatic carbocycles. The van der Waals surface area contributed by atoms with E-state index in [4.69, 9.17) is 9.47 Å². The van der Waals surface area contributed by atoms with Crippen molar-refractivity contribution < 1.29 is 103 Å². The van der Waals surface area contributed by atoms with Gasteiger partial charge in [-0.2, -0.15) is 74.6 Å². The van der Waals surface area contributed by atoms with Crippen LogP contribution in [0.5, 0.6) is 17.2 Å². The summed E-state index contributed by atoms with van der Waals surface area (Å²) in [5, 5.41) is 0. The standard InChI is InChI=1S/C43H35F17O6/c1-24-6-8-25(9-7-24)34(2,3)26-12-18-30(19-13-26)65-33(62)66-31-20-14-28(15-21-31)35(4,5)27-10-16-29(17-11-27)64-32(61)63-23-22-36(44,45)37(46,47)38(48,49)39(50,51)40(52,53)41(54,55)42(56,57)43(58,59)60/h6-21H,22-23H2,1-5H3. The van der Waals surface area contributed by atoms with Crippen LogP contribution in [0.4, 0.5) is 84.2 Å². The SMILES string of the molecule is Cc1ccc(C(C)(C)c2ccc(OC(=O)Oc3ccc(C(C)(C)c4ccc(OC(=O)OCCC(F)(F)C(F)(F)C(F)(F)C(F)(F)C(F)(F)C(F)(F)C(F)(F)C(F)(F)F)cc4)cc3)cc2)cc1. The molecule has 66 heavy (non-hydrogen) atoms. The van der Waals surface area contributed by atoms with Gasteiger partial charge in [0.25, 0.3) is 0 Å². The number of carbonyl (C=O) groups is 2. The molecule has 4 aromatic carbocycles. The van der Waals surface area contributed by atoms with E-state index in [1.54, 1.807) is 38.1 Å². The zero-order valence-electron chi connectivity index (χ0n) is 34.5. The molecule has 0 saturated heterocycles. The third-order valence-corrected chi connectivity index (χ3v) is 10.5. The maximum Gasteiger partial charge on any atom is 0.519 e. The summed E-state index contributed by atoms with van der Waals surface area (Å²) >= 11 is 0. The summed E-state index contributed by atoms with van der Waals surface area (Å²) in [7, 11) is 0. The molecule has 0 saturated carbocycles. The summed E-state index contributed by atoms with van der Waals surface area (Å²) in [5.41, 5.74) is 3.11. The number of aryl methyl sites for hydroxylation is 1. The maximum absolute atomic E-state index is 14.2. The van der Waals surface area contributed by atoms with Crippen molar-refractivity contribution in [2.75, 3.05) is 6.61 Å². The molecule has 0 N–H and O–H groups in total. The third kappa shape index (κ3) is 9.70. The van der Waals surface area contributed by atoms with E-state index in [2.05, 4.69) is 23.3 Å². The molecule has 0 radical (unpaired) electrons. The second-order valence-corrected chi connectivity index (χ2v) is 15.7. The van der Waals surface area contributed by atoms with Gasteiger partial charge in [0.05, 0.1) is 6.42 Å². The van der Waals surface area contributed by atoms with Crippen LogP contribution in [0.3, 0.4) is 0 Å². The first-order chi connectivity index (χ1) is 29.9. The molecule has 4 rings (SSSR count). The molecule has 0 atom stereocenters. The summed E-state index contributed by atoms with van der Waals surface area (Å²) in [6.45, 7) is 7.38. The zero-order chi connectivity index (χ0) is 50.3. The number of carbonyl (C=O) groups excluding carboxylic acids is 2. The predicted molar refractivity (Wildman–Crippen MR) is 199 cm³/mol. The van der Waals surface area contributed by atoms with Gasteiger partial charge >= 0.3 is 59.9 Å². The van der Waals surface area contributed by atoms with Crippen LogP contribution in [0.15, 0.2) is 97.1 Å². The van der Waals surface area contributed by atoms with E-state index in [1.807, 2.05) is 43.3 Å². The van der Waals surface area contributed by atoms with Crippen molar-refractivity contribution in [3.8, 4) is 17.2 Å². The maximum atomic E-state index is 14.2. The monoisotopic (exact) mass is 970 g/mol. The summed E-state index contributed by atoms with van der Waals surface area (Å²) in [5.74, 6) is -57.6. The van der Waals surface area contributed by atoms with Crippen LogP contribution < -0.4 is 14.2 Å². The minimum atomic E-state index is -8.75. The lowest BCUT2D eigenvalue weighted by molar-refractivity contribution is -0.461. The van der Waals surface area contributed by atoms with Crippen LogP contribution in [-0.4, -0.2) is 66.6 Å². The molecule has 0 fully saturated rings. The van der Waals surface area contributed by atoms with Crippen molar-refractivity contribution in [3.05, 3.63) is 125 Å². The molecule has 0 amide bonds. The number of rotatable bonds is 16. The zero-order valence-corrected chi connectivity index (χ0v) is 34.5. The van der Waals surface area contributed by atoms with Crippen molar-refractivity contribution in [1.82, 2.24) is 0 Å².